The van der Waals surface area contributed by atoms with Gasteiger partial charge in [-0.2, -0.15) is 0 Å². The number of thiophene rings is 1. The highest BCUT2D eigenvalue weighted by Crippen LogP contribution is 2.42. The van der Waals surface area contributed by atoms with E-state index in [1.165, 1.54) is 16.2 Å². The van der Waals surface area contributed by atoms with Gasteiger partial charge >= 0.3 is 0 Å². The van der Waals surface area contributed by atoms with E-state index in [1.807, 2.05) is 0 Å². The van der Waals surface area contributed by atoms with E-state index in [0.29, 0.717) is 16.3 Å². The molecule has 0 unspecified atom stereocenters. The number of carbonyl (C=O) groups excluding carboxylic acids is 1. The van der Waals surface area contributed by atoms with E-state index >= 15 is 0 Å². The van der Waals surface area contributed by atoms with Gasteiger partial charge in [0.05, 0.1) is 7.11 Å². The maximum absolute atomic E-state index is 12.1. The molecular weight excluding hydrogens is 290 g/mol. The molecule has 7 heteroatoms. The summed E-state index contributed by atoms with van der Waals surface area (Å²) < 4.78 is 10.3. The van der Waals surface area contributed by atoms with Crippen molar-refractivity contribution < 1.29 is 14.3 Å². The molecule has 1 heterocycles. The van der Waals surface area contributed by atoms with Crippen LogP contribution in [0.1, 0.15) is 28.9 Å². The molecule has 1 aromatic heterocycles. The van der Waals surface area contributed by atoms with Crippen molar-refractivity contribution in [2.45, 2.75) is 19.3 Å². The highest BCUT2D eigenvalue weighted by molar-refractivity contribution is 7.19. The minimum absolute atomic E-state index is 0.107. The van der Waals surface area contributed by atoms with E-state index in [9.17, 15) is 4.79 Å². The Labute approximate surface area is 130 Å². The lowest BCUT2D eigenvalue weighted by Gasteiger charge is -2.08. The van der Waals surface area contributed by atoms with Gasteiger partial charge in [-0.3, -0.25) is 4.79 Å². The molecule has 0 aromatic carbocycles. The number of ether oxygens (including phenoxy) is 2. The fourth-order valence-electron chi connectivity index (χ4n) is 1.86. The molecule has 0 aliphatic heterocycles. The number of hydrogen-bond donors (Lipinski definition) is 2. The summed E-state index contributed by atoms with van der Waals surface area (Å²) in [6.07, 6.45) is 3.17. The molecule has 0 radical (unpaired) electrons. The lowest BCUT2D eigenvalue weighted by atomic mass is 10.2. The lowest BCUT2D eigenvalue weighted by Crippen LogP contribution is -2.21. The molecule has 1 amide bonds. The Morgan fingerprint density at radius 1 is 1.29 bits per heavy atom. The van der Waals surface area contributed by atoms with Gasteiger partial charge in [-0.05, 0) is 19.3 Å². The quantitative estimate of drug-likeness (QED) is 0.684. The van der Waals surface area contributed by atoms with Crippen molar-refractivity contribution in [1.29, 1.82) is 0 Å². The second kappa shape index (κ2) is 8.74. The molecule has 1 aromatic rings. The van der Waals surface area contributed by atoms with Gasteiger partial charge < -0.3 is 25.4 Å². The van der Waals surface area contributed by atoms with Crippen LogP contribution in [0, 0.1) is 0 Å². The van der Waals surface area contributed by atoms with Crippen LogP contribution in [-0.2, 0) is 4.74 Å². The summed E-state index contributed by atoms with van der Waals surface area (Å²) in [6, 6.07) is 0. The van der Waals surface area contributed by atoms with Gasteiger partial charge in [-0.25, -0.2) is 0 Å². The molecule has 0 bridgehead atoms. The van der Waals surface area contributed by atoms with Crippen molar-refractivity contribution >= 4 is 27.9 Å². The van der Waals surface area contributed by atoms with Crippen molar-refractivity contribution in [2.24, 2.45) is 0 Å². The molecule has 120 valence electrons. The van der Waals surface area contributed by atoms with Gasteiger partial charge in [-0.1, -0.05) is 0 Å². The largest absolute Gasteiger partial charge is 0.492 e. The molecular formula is C14H25N3O3S. The zero-order valence-corrected chi connectivity index (χ0v) is 14.0. The standard InChI is InChI=1S/C14H25N3O3S/c1-17(2)14(18)12-10(15)11(20-4)13(21-12)16-8-6-5-7-9-19-3/h16H,5-9,15H2,1-4H3. The summed E-state index contributed by atoms with van der Waals surface area (Å²) in [4.78, 5) is 14.1. The Morgan fingerprint density at radius 2 is 2.00 bits per heavy atom. The molecule has 1 rings (SSSR count). The predicted octanol–water partition coefficient (Wildman–Crippen LogP) is 2.27. The van der Waals surface area contributed by atoms with Crippen LogP contribution in [0.2, 0.25) is 0 Å². The number of hydrogen-bond acceptors (Lipinski definition) is 6. The van der Waals surface area contributed by atoms with Crippen LogP contribution in [0.5, 0.6) is 5.75 Å². The van der Waals surface area contributed by atoms with Crippen molar-refractivity contribution in [3.63, 3.8) is 0 Å². The van der Waals surface area contributed by atoms with Crippen LogP contribution in [0.25, 0.3) is 0 Å². The van der Waals surface area contributed by atoms with Crippen molar-refractivity contribution in [3.8, 4) is 5.75 Å². The number of nitrogens with zero attached hydrogens (tertiary/aromatic N) is 1. The fourth-order valence-corrected chi connectivity index (χ4v) is 3.00. The number of nitrogens with one attached hydrogen (secondary N) is 1. The van der Waals surface area contributed by atoms with Crippen molar-refractivity contribution in [3.05, 3.63) is 4.88 Å². The van der Waals surface area contributed by atoms with Crippen molar-refractivity contribution in [2.75, 3.05) is 52.5 Å². The van der Waals surface area contributed by atoms with Gasteiger partial charge in [0.15, 0.2) is 5.75 Å². The van der Waals surface area contributed by atoms with E-state index in [-0.39, 0.29) is 5.91 Å². The first-order valence-corrected chi connectivity index (χ1v) is 7.75. The molecule has 0 aliphatic carbocycles. The fraction of sp³-hybridized carbons (Fsp3) is 0.643. The number of amides is 1. The number of rotatable bonds is 9. The van der Waals surface area contributed by atoms with Crippen molar-refractivity contribution in [1.82, 2.24) is 4.90 Å². The number of carbonyl (C=O) groups is 1. The van der Waals surface area contributed by atoms with Gasteiger partial charge in [-0.15, -0.1) is 11.3 Å². The van der Waals surface area contributed by atoms with Crippen LogP contribution < -0.4 is 15.8 Å². The Kier molecular flexibility index (Phi) is 7.31. The summed E-state index contributed by atoms with van der Waals surface area (Å²) in [6.45, 7) is 1.60. The molecule has 0 spiro atoms. The minimum Gasteiger partial charge on any atom is -0.492 e. The van der Waals surface area contributed by atoms with Crippen LogP contribution in [0.4, 0.5) is 10.7 Å². The van der Waals surface area contributed by atoms with E-state index in [0.717, 1.165) is 37.4 Å². The average molecular weight is 315 g/mol. The Morgan fingerprint density at radius 3 is 2.57 bits per heavy atom. The van der Waals surface area contributed by atoms with Crippen LogP contribution >= 0.6 is 11.3 Å². The molecule has 0 fully saturated rings. The number of anilines is 2. The van der Waals surface area contributed by atoms with E-state index < -0.39 is 0 Å². The molecule has 3 N–H and O–H groups in total. The predicted molar refractivity (Wildman–Crippen MR) is 87.5 cm³/mol. The highest BCUT2D eigenvalue weighted by Gasteiger charge is 2.22. The minimum atomic E-state index is -0.107. The number of nitrogens with two attached hydrogens (primary N) is 1. The van der Waals surface area contributed by atoms with E-state index in [2.05, 4.69) is 5.32 Å². The van der Waals surface area contributed by atoms with E-state index in [1.54, 1.807) is 28.3 Å². The van der Waals surface area contributed by atoms with Gasteiger partial charge in [0.2, 0.25) is 0 Å². The van der Waals surface area contributed by atoms with Gasteiger partial charge in [0.1, 0.15) is 15.6 Å². The normalized spacial score (nSPS) is 10.5. The zero-order valence-electron chi connectivity index (χ0n) is 13.2. The molecule has 6 nitrogen and oxygen atoms in total. The van der Waals surface area contributed by atoms with Crippen LogP contribution in [-0.4, -0.2) is 52.3 Å². The Bertz CT molecular complexity index is 461. The maximum atomic E-state index is 12.1. The summed E-state index contributed by atoms with van der Waals surface area (Å²) in [5, 5.41) is 4.11. The molecule has 0 saturated heterocycles. The second-order valence-electron chi connectivity index (χ2n) is 4.89. The summed E-state index contributed by atoms with van der Waals surface area (Å²) >= 11 is 1.34. The number of methoxy groups -OCH3 is 2. The summed E-state index contributed by atoms with van der Waals surface area (Å²) in [7, 11) is 6.68. The zero-order chi connectivity index (χ0) is 15.8. The SMILES string of the molecule is COCCCCCNc1sc(C(=O)N(C)C)c(N)c1OC. The maximum Gasteiger partial charge on any atom is 0.265 e. The first-order chi connectivity index (χ1) is 10.0. The second-order valence-corrected chi connectivity index (χ2v) is 5.91. The Hall–Kier alpha value is -1.47. The lowest BCUT2D eigenvalue weighted by molar-refractivity contribution is 0.0833. The van der Waals surface area contributed by atoms with E-state index in [4.69, 9.17) is 15.2 Å². The highest BCUT2D eigenvalue weighted by atomic mass is 32.1. The number of unbranched alkanes of at least 4 members (excludes halogenated alkanes) is 2. The molecule has 0 saturated carbocycles. The van der Waals surface area contributed by atoms with Gasteiger partial charge in [0.25, 0.3) is 5.91 Å². The van der Waals surface area contributed by atoms with Crippen LogP contribution in [0.3, 0.4) is 0 Å². The topological polar surface area (TPSA) is 76.8 Å². The molecule has 21 heavy (non-hydrogen) atoms. The molecule has 0 atom stereocenters. The smallest absolute Gasteiger partial charge is 0.265 e. The van der Waals surface area contributed by atoms with Crippen LogP contribution in [0.15, 0.2) is 0 Å². The third-order valence-electron chi connectivity index (χ3n) is 3.01. The Balaban J connectivity index is 2.65. The third-order valence-corrected chi connectivity index (χ3v) is 4.15. The first-order valence-electron chi connectivity index (χ1n) is 6.93. The third kappa shape index (κ3) is 4.78. The average Bonchev–Trinajstić information content (AvgIpc) is 2.77. The van der Waals surface area contributed by atoms with Gasteiger partial charge in [0, 0.05) is 34.4 Å². The summed E-state index contributed by atoms with van der Waals surface area (Å²) in [5.41, 5.74) is 6.41. The molecule has 0 aliphatic rings. The number of nitrogen functional groups attached to an aromatic ring is 1. The summed E-state index contributed by atoms with van der Waals surface area (Å²) in [5.74, 6) is 0.450. The first kappa shape index (κ1) is 17.6. The monoisotopic (exact) mass is 315 g/mol.